The number of nitrogens with two attached hydrogens (primary N) is 1. The lowest BCUT2D eigenvalue weighted by molar-refractivity contribution is -0.159. The van der Waals surface area contributed by atoms with Gasteiger partial charge in [-0.25, -0.2) is 4.39 Å². The Morgan fingerprint density at radius 3 is 2.78 bits per heavy atom. The molecule has 0 radical (unpaired) electrons. The molecule has 2 aromatic rings. The second-order valence-corrected chi connectivity index (χ2v) is 6.08. The summed E-state index contributed by atoms with van der Waals surface area (Å²) in [7, 11) is 0. The fourth-order valence-corrected chi connectivity index (χ4v) is 2.71. The number of halogens is 4. The van der Waals surface area contributed by atoms with Gasteiger partial charge >= 0.3 is 12.1 Å². The second-order valence-electron chi connectivity index (χ2n) is 6.08. The maximum absolute atomic E-state index is 14.6. The summed E-state index contributed by atoms with van der Waals surface area (Å²) in [5.74, 6) is -2.82. The van der Waals surface area contributed by atoms with Crippen LogP contribution in [0.2, 0.25) is 0 Å². The SMILES string of the molecule is C[C@@H]1COc2cc(-c3noc(C(F)(F)F)n3)cc(F)c2CN1C(=O)CCN. The monoisotopic (exact) mass is 388 g/mol. The molecule has 0 bridgehead atoms. The minimum Gasteiger partial charge on any atom is -0.491 e. The highest BCUT2D eigenvalue weighted by molar-refractivity contribution is 5.77. The first kappa shape index (κ1) is 19.1. The topological polar surface area (TPSA) is 94.5 Å². The van der Waals surface area contributed by atoms with Crippen LogP contribution >= 0.6 is 0 Å². The van der Waals surface area contributed by atoms with E-state index in [0.717, 1.165) is 6.07 Å². The lowest BCUT2D eigenvalue weighted by atomic mass is 10.1. The number of ether oxygens (including phenoxy) is 1. The minimum absolute atomic E-state index is 0.0279. The van der Waals surface area contributed by atoms with Crippen LogP contribution in [0.25, 0.3) is 11.4 Å². The van der Waals surface area contributed by atoms with Gasteiger partial charge in [0.1, 0.15) is 18.2 Å². The van der Waals surface area contributed by atoms with Gasteiger partial charge in [-0.3, -0.25) is 4.79 Å². The highest BCUT2D eigenvalue weighted by Gasteiger charge is 2.38. The lowest BCUT2D eigenvalue weighted by Crippen LogP contribution is -2.40. The van der Waals surface area contributed by atoms with E-state index < -0.39 is 23.7 Å². The largest absolute Gasteiger partial charge is 0.491 e. The number of amides is 1. The third kappa shape index (κ3) is 3.87. The molecule has 146 valence electrons. The van der Waals surface area contributed by atoms with E-state index in [-0.39, 0.29) is 54.9 Å². The zero-order valence-electron chi connectivity index (χ0n) is 14.2. The molecular formula is C16H16F4N4O3. The summed E-state index contributed by atoms with van der Waals surface area (Å²) in [5.41, 5.74) is 5.50. The number of fused-ring (bicyclic) bond motifs is 1. The number of rotatable bonds is 3. The molecule has 11 heteroatoms. The molecule has 1 aliphatic rings. The average Bonchev–Trinajstić information content (AvgIpc) is 3.03. The number of aromatic nitrogens is 2. The Balaban J connectivity index is 1.95. The van der Waals surface area contributed by atoms with Crippen LogP contribution in [0.4, 0.5) is 17.6 Å². The normalized spacial score (nSPS) is 17.3. The molecule has 27 heavy (non-hydrogen) atoms. The zero-order valence-corrected chi connectivity index (χ0v) is 14.2. The lowest BCUT2D eigenvalue weighted by Gasteiger charge is -2.26. The molecule has 0 saturated heterocycles. The van der Waals surface area contributed by atoms with Crippen LogP contribution in [-0.2, 0) is 17.5 Å². The average molecular weight is 388 g/mol. The van der Waals surface area contributed by atoms with Gasteiger partial charge in [0.05, 0.1) is 12.6 Å². The van der Waals surface area contributed by atoms with Gasteiger partial charge in [-0.2, -0.15) is 18.2 Å². The molecule has 1 amide bonds. The van der Waals surface area contributed by atoms with Crippen LogP contribution in [0.3, 0.4) is 0 Å². The highest BCUT2D eigenvalue weighted by atomic mass is 19.4. The van der Waals surface area contributed by atoms with E-state index >= 15 is 0 Å². The molecule has 7 nitrogen and oxygen atoms in total. The molecule has 0 fully saturated rings. The zero-order chi connectivity index (χ0) is 19.8. The van der Waals surface area contributed by atoms with Crippen LogP contribution in [0.1, 0.15) is 24.8 Å². The van der Waals surface area contributed by atoms with Crippen molar-refractivity contribution in [2.45, 2.75) is 32.1 Å². The Labute approximate surface area is 151 Å². The van der Waals surface area contributed by atoms with E-state index in [2.05, 4.69) is 14.7 Å². The number of carbonyl (C=O) groups excluding carboxylic acids is 1. The van der Waals surface area contributed by atoms with Crippen LogP contribution in [-0.4, -0.2) is 40.1 Å². The molecule has 3 rings (SSSR count). The fraction of sp³-hybridized carbons (Fsp3) is 0.438. The van der Waals surface area contributed by atoms with Crippen molar-refractivity contribution in [1.29, 1.82) is 0 Å². The molecular weight excluding hydrogens is 372 g/mol. The Bertz CT molecular complexity index is 853. The van der Waals surface area contributed by atoms with Gasteiger partial charge < -0.3 is 19.9 Å². The van der Waals surface area contributed by atoms with Crippen molar-refractivity contribution in [2.75, 3.05) is 13.2 Å². The maximum atomic E-state index is 14.6. The molecule has 0 unspecified atom stereocenters. The molecule has 1 aromatic carbocycles. The number of carbonyl (C=O) groups is 1. The highest BCUT2D eigenvalue weighted by Crippen LogP contribution is 2.34. The third-order valence-electron chi connectivity index (χ3n) is 4.10. The predicted molar refractivity (Wildman–Crippen MR) is 83.9 cm³/mol. The number of nitrogens with zero attached hydrogens (tertiary/aromatic N) is 3. The van der Waals surface area contributed by atoms with E-state index in [1.807, 2.05) is 0 Å². The summed E-state index contributed by atoms with van der Waals surface area (Å²) in [6.07, 6.45) is -4.69. The van der Waals surface area contributed by atoms with Crippen molar-refractivity contribution in [3.63, 3.8) is 0 Å². The number of hydrogen-bond donors (Lipinski definition) is 1. The van der Waals surface area contributed by atoms with E-state index in [1.165, 1.54) is 11.0 Å². The van der Waals surface area contributed by atoms with Crippen LogP contribution in [0.5, 0.6) is 5.75 Å². The van der Waals surface area contributed by atoms with Crippen LogP contribution in [0, 0.1) is 5.82 Å². The van der Waals surface area contributed by atoms with Crippen molar-refractivity contribution in [1.82, 2.24) is 15.0 Å². The van der Waals surface area contributed by atoms with Crippen LogP contribution in [0.15, 0.2) is 16.7 Å². The van der Waals surface area contributed by atoms with Gasteiger partial charge in [-0.05, 0) is 19.1 Å². The fourth-order valence-electron chi connectivity index (χ4n) is 2.71. The van der Waals surface area contributed by atoms with E-state index in [9.17, 15) is 22.4 Å². The Kier molecular flexibility index (Phi) is 5.05. The first-order valence-corrected chi connectivity index (χ1v) is 8.06. The minimum atomic E-state index is -4.80. The van der Waals surface area contributed by atoms with Gasteiger partial charge in [-0.15, -0.1) is 0 Å². The Morgan fingerprint density at radius 1 is 1.41 bits per heavy atom. The molecule has 1 atom stereocenters. The van der Waals surface area contributed by atoms with Crippen molar-refractivity contribution in [3.8, 4) is 17.1 Å². The molecule has 2 heterocycles. The Hall–Kier alpha value is -2.69. The number of benzene rings is 1. The van der Waals surface area contributed by atoms with E-state index in [0.29, 0.717) is 0 Å². The smallest absolute Gasteiger partial charge is 0.471 e. The van der Waals surface area contributed by atoms with Gasteiger partial charge in [0.25, 0.3) is 0 Å². The summed E-state index contributed by atoms with van der Waals surface area (Å²) >= 11 is 0. The maximum Gasteiger partial charge on any atom is 0.471 e. The molecule has 0 spiro atoms. The first-order valence-electron chi connectivity index (χ1n) is 8.06. The molecule has 0 saturated carbocycles. The standard InChI is InChI=1S/C16H16F4N4O3/c1-8-7-26-12-5-9(14-22-15(27-23-14)16(18,19)20)4-11(17)10(12)6-24(8)13(25)2-3-21/h4-5,8H,2-3,6-7,21H2,1H3/t8-/m1/s1. The first-order chi connectivity index (χ1) is 12.7. The van der Waals surface area contributed by atoms with Gasteiger partial charge in [0.15, 0.2) is 0 Å². The predicted octanol–water partition coefficient (Wildman–Crippen LogP) is 2.35. The molecule has 0 aliphatic carbocycles. The van der Waals surface area contributed by atoms with Crippen molar-refractivity contribution < 1.29 is 31.6 Å². The van der Waals surface area contributed by atoms with Crippen molar-refractivity contribution in [3.05, 3.63) is 29.4 Å². The van der Waals surface area contributed by atoms with E-state index in [1.54, 1.807) is 6.92 Å². The molecule has 1 aromatic heterocycles. The Morgan fingerprint density at radius 2 is 2.15 bits per heavy atom. The van der Waals surface area contributed by atoms with Crippen molar-refractivity contribution in [2.24, 2.45) is 5.73 Å². The van der Waals surface area contributed by atoms with Crippen molar-refractivity contribution >= 4 is 5.91 Å². The summed E-state index contributed by atoms with van der Waals surface area (Å²) < 4.78 is 62.2. The number of hydrogen-bond acceptors (Lipinski definition) is 6. The summed E-state index contributed by atoms with van der Waals surface area (Å²) in [6.45, 7) is 1.96. The van der Waals surface area contributed by atoms with Gasteiger partial charge in [0.2, 0.25) is 11.7 Å². The molecule has 1 aliphatic heterocycles. The van der Waals surface area contributed by atoms with E-state index in [4.69, 9.17) is 10.5 Å². The van der Waals surface area contributed by atoms with Gasteiger partial charge in [0, 0.05) is 24.1 Å². The third-order valence-corrected chi connectivity index (χ3v) is 4.10. The van der Waals surface area contributed by atoms with Gasteiger partial charge in [-0.1, -0.05) is 5.16 Å². The molecule has 2 N–H and O–H groups in total. The summed E-state index contributed by atoms with van der Waals surface area (Å²) in [5, 5.41) is 3.24. The summed E-state index contributed by atoms with van der Waals surface area (Å²) in [6, 6.07) is 1.98. The quantitative estimate of drug-likeness (QED) is 0.812. The summed E-state index contributed by atoms with van der Waals surface area (Å²) in [4.78, 5) is 16.9. The second kappa shape index (κ2) is 7.14. The number of alkyl halides is 3. The van der Waals surface area contributed by atoms with Crippen LogP contribution < -0.4 is 10.5 Å².